The highest BCUT2D eigenvalue weighted by Crippen LogP contribution is 2.29. The van der Waals surface area contributed by atoms with Crippen LogP contribution in [0.25, 0.3) is 5.57 Å². The Morgan fingerprint density at radius 2 is 1.94 bits per heavy atom. The van der Waals surface area contributed by atoms with E-state index in [1.54, 1.807) is 18.7 Å². The first kappa shape index (κ1) is 22.4. The Morgan fingerprint density at radius 1 is 1.25 bits per heavy atom. The number of ether oxygens (including phenoxy) is 1. The number of aryl methyl sites for hydroxylation is 2. The third kappa shape index (κ3) is 4.40. The molecule has 1 fully saturated rings. The molecule has 4 rings (SSSR count). The van der Waals surface area contributed by atoms with Crippen LogP contribution in [0.3, 0.4) is 0 Å². The summed E-state index contributed by atoms with van der Waals surface area (Å²) in [6, 6.07) is 3.83. The molecule has 2 aliphatic rings. The summed E-state index contributed by atoms with van der Waals surface area (Å²) in [5.41, 5.74) is 8.88. The zero-order valence-electron chi connectivity index (χ0n) is 17.9. The molecular weight excluding hydrogens is 440 g/mol. The lowest BCUT2D eigenvalue weighted by atomic mass is 10.1. The van der Waals surface area contributed by atoms with E-state index in [0.717, 1.165) is 0 Å². The molecule has 10 heteroatoms. The number of rotatable bonds is 6. The van der Waals surface area contributed by atoms with Crippen LogP contribution in [-0.2, 0) is 0 Å². The minimum Gasteiger partial charge on any atom is -0.487 e. The van der Waals surface area contributed by atoms with Crippen LogP contribution in [0.15, 0.2) is 23.9 Å². The molecule has 1 aromatic heterocycles. The molecule has 0 bridgehead atoms. The Labute approximate surface area is 189 Å². The van der Waals surface area contributed by atoms with Crippen LogP contribution in [0.2, 0.25) is 5.02 Å². The molecular formula is C22H24ClF2N5O2. The first-order valence-electron chi connectivity index (χ1n) is 10.3. The lowest BCUT2D eigenvalue weighted by Crippen LogP contribution is -2.54. The average Bonchev–Trinajstić information content (AvgIpc) is 3.11. The number of hydrogen-bond donors (Lipinski definition) is 1. The highest BCUT2D eigenvalue weighted by Gasteiger charge is 2.32. The molecule has 1 amide bonds. The highest BCUT2D eigenvalue weighted by atomic mass is 35.5. The van der Waals surface area contributed by atoms with E-state index < -0.39 is 12.5 Å². The van der Waals surface area contributed by atoms with Crippen molar-refractivity contribution >= 4 is 23.1 Å². The first-order valence-corrected chi connectivity index (χ1v) is 10.7. The number of nitrogens with zero attached hydrogens (tertiary/aromatic N) is 4. The van der Waals surface area contributed by atoms with Crippen LogP contribution in [0.4, 0.5) is 8.78 Å². The summed E-state index contributed by atoms with van der Waals surface area (Å²) in [6.07, 6.45) is -0.222. The van der Waals surface area contributed by atoms with Gasteiger partial charge >= 0.3 is 0 Å². The number of amides is 1. The minimum absolute atomic E-state index is 0.168. The van der Waals surface area contributed by atoms with Crippen LogP contribution < -0.4 is 10.5 Å². The number of carbonyl (C=O) groups is 1. The number of halogens is 3. The van der Waals surface area contributed by atoms with Crippen molar-refractivity contribution in [2.24, 2.45) is 5.73 Å². The molecule has 0 radical (unpaired) electrons. The molecule has 0 saturated carbocycles. The van der Waals surface area contributed by atoms with Crippen LogP contribution in [0.5, 0.6) is 5.75 Å². The standard InChI is InChI=1S/C22H24ClF2N5O2/c1-12-20(23)13(2)28-21(27-12)17-10-30(11-18(17)26)22(31)16-4-3-14(25)7-19(16)32-15-8-29(9-15)6-5-24/h3-4,7,15H,5-6,8-11,26H2,1-2H3. The molecule has 2 N–H and O–H groups in total. The van der Waals surface area contributed by atoms with E-state index in [-0.39, 0.29) is 36.4 Å². The van der Waals surface area contributed by atoms with Crippen molar-refractivity contribution in [3.63, 3.8) is 0 Å². The van der Waals surface area contributed by atoms with Crippen molar-refractivity contribution in [2.45, 2.75) is 20.0 Å². The maximum Gasteiger partial charge on any atom is 0.258 e. The van der Waals surface area contributed by atoms with E-state index in [9.17, 15) is 13.6 Å². The SMILES string of the molecule is Cc1nc(C2=C(N)CN(C(=O)c3ccc(F)cc3OC3CN(CCF)C3)C2)nc(C)c1Cl. The third-order valence-corrected chi connectivity index (χ3v) is 6.18. The summed E-state index contributed by atoms with van der Waals surface area (Å²) < 4.78 is 32.2. The zero-order chi connectivity index (χ0) is 23.0. The molecule has 7 nitrogen and oxygen atoms in total. The smallest absolute Gasteiger partial charge is 0.258 e. The van der Waals surface area contributed by atoms with Gasteiger partial charge in [0.1, 0.15) is 24.3 Å². The van der Waals surface area contributed by atoms with Crippen LogP contribution in [0, 0.1) is 19.7 Å². The van der Waals surface area contributed by atoms with Crippen molar-refractivity contribution in [1.29, 1.82) is 0 Å². The van der Waals surface area contributed by atoms with E-state index in [0.29, 0.717) is 53.1 Å². The number of benzene rings is 1. The molecule has 3 heterocycles. The Kier molecular flexibility index (Phi) is 6.30. The van der Waals surface area contributed by atoms with E-state index in [1.165, 1.54) is 18.2 Å². The quantitative estimate of drug-likeness (QED) is 0.709. The third-order valence-electron chi connectivity index (χ3n) is 5.63. The molecule has 0 atom stereocenters. The summed E-state index contributed by atoms with van der Waals surface area (Å²) in [5.74, 6) is -0.228. The van der Waals surface area contributed by atoms with Gasteiger partial charge in [0.05, 0.1) is 35.1 Å². The lowest BCUT2D eigenvalue weighted by molar-refractivity contribution is 0.0159. The van der Waals surface area contributed by atoms with Crippen molar-refractivity contribution < 1.29 is 18.3 Å². The largest absolute Gasteiger partial charge is 0.487 e. The van der Waals surface area contributed by atoms with Gasteiger partial charge in [-0.25, -0.2) is 18.7 Å². The normalized spacial score (nSPS) is 17.1. The van der Waals surface area contributed by atoms with Crippen LogP contribution in [-0.4, -0.2) is 71.2 Å². The number of alkyl halides is 1. The van der Waals surface area contributed by atoms with E-state index in [1.807, 2.05) is 4.90 Å². The van der Waals surface area contributed by atoms with Gasteiger partial charge in [-0.1, -0.05) is 11.6 Å². The predicted molar refractivity (Wildman–Crippen MR) is 117 cm³/mol. The summed E-state index contributed by atoms with van der Waals surface area (Å²) in [4.78, 5) is 25.5. The Morgan fingerprint density at radius 3 is 2.59 bits per heavy atom. The van der Waals surface area contributed by atoms with Gasteiger partial charge in [0.25, 0.3) is 5.91 Å². The molecule has 2 aromatic rings. The number of carbonyl (C=O) groups excluding carboxylic acids is 1. The van der Waals surface area contributed by atoms with Gasteiger partial charge in [-0.05, 0) is 26.0 Å². The van der Waals surface area contributed by atoms with E-state index >= 15 is 0 Å². The predicted octanol–water partition coefficient (Wildman–Crippen LogP) is 2.74. The molecule has 1 saturated heterocycles. The number of aromatic nitrogens is 2. The number of likely N-dealkylation sites (tertiary alicyclic amines) is 1. The second-order valence-corrected chi connectivity index (χ2v) is 8.40. The minimum atomic E-state index is -0.503. The topological polar surface area (TPSA) is 84.6 Å². The van der Waals surface area contributed by atoms with Crippen molar-refractivity contribution in [2.75, 3.05) is 39.4 Å². The van der Waals surface area contributed by atoms with Crippen molar-refractivity contribution in [3.8, 4) is 5.75 Å². The highest BCUT2D eigenvalue weighted by molar-refractivity contribution is 6.31. The van der Waals surface area contributed by atoms with Gasteiger partial charge in [0.2, 0.25) is 0 Å². The van der Waals surface area contributed by atoms with Gasteiger partial charge in [-0.15, -0.1) is 0 Å². The Bertz CT molecular complexity index is 1060. The Balaban J connectivity index is 1.51. The second-order valence-electron chi connectivity index (χ2n) is 8.03. The van der Waals surface area contributed by atoms with Crippen LogP contribution in [0.1, 0.15) is 27.6 Å². The lowest BCUT2D eigenvalue weighted by Gasteiger charge is -2.38. The summed E-state index contributed by atoms with van der Waals surface area (Å²) in [5, 5.41) is 0.494. The fourth-order valence-corrected chi connectivity index (χ4v) is 3.95. The van der Waals surface area contributed by atoms with Gasteiger partial charge in [-0.2, -0.15) is 0 Å². The van der Waals surface area contributed by atoms with Gasteiger partial charge in [-0.3, -0.25) is 9.69 Å². The molecule has 0 aliphatic carbocycles. The molecule has 0 spiro atoms. The molecule has 170 valence electrons. The van der Waals surface area contributed by atoms with Crippen molar-refractivity contribution in [3.05, 3.63) is 57.5 Å². The van der Waals surface area contributed by atoms with Crippen molar-refractivity contribution in [1.82, 2.24) is 19.8 Å². The second kappa shape index (κ2) is 8.99. The van der Waals surface area contributed by atoms with Crippen LogP contribution >= 0.6 is 11.6 Å². The monoisotopic (exact) mass is 463 g/mol. The van der Waals surface area contributed by atoms with E-state index in [2.05, 4.69) is 9.97 Å². The van der Waals surface area contributed by atoms with E-state index in [4.69, 9.17) is 22.1 Å². The fraction of sp³-hybridized carbons (Fsp3) is 0.409. The Hall–Kier alpha value is -2.78. The van der Waals surface area contributed by atoms with Gasteiger partial charge in [0.15, 0.2) is 5.82 Å². The molecule has 1 aromatic carbocycles. The first-order chi connectivity index (χ1) is 15.3. The number of nitrogens with two attached hydrogens (primary N) is 1. The van der Waals surface area contributed by atoms with Gasteiger partial charge in [0, 0.05) is 37.0 Å². The summed E-state index contributed by atoms with van der Waals surface area (Å²) in [7, 11) is 0. The fourth-order valence-electron chi connectivity index (χ4n) is 3.86. The van der Waals surface area contributed by atoms with Gasteiger partial charge < -0.3 is 15.4 Å². The average molecular weight is 464 g/mol. The summed E-state index contributed by atoms with van der Waals surface area (Å²) >= 11 is 6.16. The maximum absolute atomic E-state index is 13.9. The summed E-state index contributed by atoms with van der Waals surface area (Å²) in [6.45, 7) is 4.95. The molecule has 32 heavy (non-hydrogen) atoms. The zero-order valence-corrected chi connectivity index (χ0v) is 18.6. The maximum atomic E-state index is 13.9. The molecule has 2 aliphatic heterocycles. The number of hydrogen-bond acceptors (Lipinski definition) is 6. The molecule has 0 unspecified atom stereocenters.